The zero-order valence-electron chi connectivity index (χ0n) is 13.4. The number of likely N-dealkylation sites (tertiary alicyclic amines) is 1. The van der Waals surface area contributed by atoms with E-state index in [1.165, 1.54) is 19.3 Å². The van der Waals surface area contributed by atoms with E-state index >= 15 is 0 Å². The molecule has 1 amide bonds. The van der Waals surface area contributed by atoms with Crippen LogP contribution in [-0.2, 0) is 14.3 Å². The quantitative estimate of drug-likeness (QED) is 0.735. The molecule has 4 heteroatoms. The molecule has 1 aliphatic heterocycles. The molecule has 2 bridgehead atoms. The zero-order chi connectivity index (χ0) is 15.2. The third kappa shape index (κ3) is 2.95. The van der Waals surface area contributed by atoms with E-state index in [0.29, 0.717) is 5.92 Å². The molecule has 4 atom stereocenters. The van der Waals surface area contributed by atoms with Crippen LogP contribution < -0.4 is 0 Å². The van der Waals surface area contributed by atoms with Gasteiger partial charge in [-0.2, -0.15) is 0 Å². The van der Waals surface area contributed by atoms with Gasteiger partial charge in [-0.05, 0) is 64.7 Å². The first-order valence-corrected chi connectivity index (χ1v) is 8.38. The average molecular weight is 293 g/mol. The molecule has 21 heavy (non-hydrogen) atoms. The number of amides is 1. The van der Waals surface area contributed by atoms with Gasteiger partial charge in [0.05, 0.1) is 0 Å². The highest BCUT2D eigenvalue weighted by atomic mass is 16.6. The van der Waals surface area contributed by atoms with Gasteiger partial charge in [-0.1, -0.05) is 6.42 Å². The van der Waals surface area contributed by atoms with E-state index in [1.807, 2.05) is 25.7 Å². The highest BCUT2D eigenvalue weighted by Gasteiger charge is 2.47. The predicted molar refractivity (Wildman–Crippen MR) is 79.5 cm³/mol. The van der Waals surface area contributed by atoms with Crippen molar-refractivity contribution in [3.05, 3.63) is 0 Å². The van der Waals surface area contributed by atoms with E-state index in [4.69, 9.17) is 4.74 Å². The van der Waals surface area contributed by atoms with Gasteiger partial charge in [0.25, 0.3) is 0 Å². The summed E-state index contributed by atoms with van der Waals surface area (Å²) >= 11 is 0. The normalized spacial score (nSPS) is 35.3. The van der Waals surface area contributed by atoms with Crippen LogP contribution in [0.2, 0.25) is 0 Å². The highest BCUT2D eigenvalue weighted by molar-refractivity contribution is 5.87. The van der Waals surface area contributed by atoms with Crippen LogP contribution in [0.5, 0.6) is 0 Å². The smallest absolute Gasteiger partial charge is 0.329 e. The van der Waals surface area contributed by atoms with E-state index < -0.39 is 5.60 Å². The molecule has 0 spiro atoms. The molecule has 4 nitrogen and oxygen atoms in total. The number of hydrogen-bond donors (Lipinski definition) is 0. The number of ether oxygens (including phenoxy) is 1. The van der Waals surface area contributed by atoms with Gasteiger partial charge in [-0.3, -0.25) is 4.79 Å². The largest absolute Gasteiger partial charge is 0.458 e. The van der Waals surface area contributed by atoms with Crippen molar-refractivity contribution in [1.29, 1.82) is 0 Å². The molecule has 118 valence electrons. The van der Waals surface area contributed by atoms with Crippen molar-refractivity contribution in [3.8, 4) is 0 Å². The Balaban J connectivity index is 1.66. The molecule has 0 aromatic carbocycles. The second-order valence-electron chi connectivity index (χ2n) is 8.00. The highest BCUT2D eigenvalue weighted by Crippen LogP contribution is 2.49. The number of esters is 1. The fourth-order valence-electron chi connectivity index (χ4n) is 4.41. The zero-order valence-corrected chi connectivity index (χ0v) is 13.4. The van der Waals surface area contributed by atoms with Gasteiger partial charge in [0, 0.05) is 12.5 Å². The van der Waals surface area contributed by atoms with Crippen molar-refractivity contribution in [2.75, 3.05) is 6.54 Å². The summed E-state index contributed by atoms with van der Waals surface area (Å²) in [6, 6.07) is -0.351. The van der Waals surface area contributed by atoms with Gasteiger partial charge in [0.15, 0.2) is 0 Å². The van der Waals surface area contributed by atoms with Gasteiger partial charge in [-0.25, -0.2) is 4.79 Å². The molecule has 0 radical (unpaired) electrons. The molecule has 0 N–H and O–H groups in total. The number of carbonyl (C=O) groups is 2. The second kappa shape index (κ2) is 5.29. The summed E-state index contributed by atoms with van der Waals surface area (Å²) in [5.41, 5.74) is -0.485. The maximum Gasteiger partial charge on any atom is 0.329 e. The van der Waals surface area contributed by atoms with Crippen LogP contribution in [-0.4, -0.2) is 35.0 Å². The van der Waals surface area contributed by atoms with Gasteiger partial charge in [0.2, 0.25) is 5.91 Å². The van der Waals surface area contributed by atoms with Gasteiger partial charge in [-0.15, -0.1) is 0 Å². The SMILES string of the molecule is CC(C)(C)OC(=O)[C@@H]1CCCN1C(=O)C1CC2CCC1C2. The molecule has 1 heterocycles. The van der Waals surface area contributed by atoms with Gasteiger partial charge >= 0.3 is 5.97 Å². The van der Waals surface area contributed by atoms with Crippen molar-refractivity contribution in [2.24, 2.45) is 17.8 Å². The van der Waals surface area contributed by atoms with Crippen LogP contribution >= 0.6 is 0 Å². The first-order chi connectivity index (χ1) is 9.85. The number of carbonyl (C=O) groups excluding carboxylic acids is 2. The summed E-state index contributed by atoms with van der Waals surface area (Å²) in [5.74, 6) is 1.49. The summed E-state index contributed by atoms with van der Waals surface area (Å²) in [6.45, 7) is 6.35. The van der Waals surface area contributed by atoms with Crippen LogP contribution in [0.15, 0.2) is 0 Å². The second-order valence-corrected chi connectivity index (χ2v) is 8.00. The van der Waals surface area contributed by atoms with E-state index in [9.17, 15) is 9.59 Å². The third-order valence-corrected chi connectivity index (χ3v) is 5.27. The lowest BCUT2D eigenvalue weighted by Gasteiger charge is -2.31. The lowest BCUT2D eigenvalue weighted by molar-refractivity contribution is -0.164. The third-order valence-electron chi connectivity index (χ3n) is 5.27. The molecule has 3 fully saturated rings. The molecular formula is C17H27NO3. The Morgan fingerprint density at radius 1 is 1.10 bits per heavy atom. The first-order valence-electron chi connectivity index (χ1n) is 8.38. The van der Waals surface area contributed by atoms with Crippen molar-refractivity contribution in [1.82, 2.24) is 4.90 Å². The van der Waals surface area contributed by atoms with Crippen molar-refractivity contribution >= 4 is 11.9 Å². The Bertz CT molecular complexity index is 440. The molecule has 3 aliphatic rings. The average Bonchev–Trinajstić information content (AvgIpc) is 3.11. The van der Waals surface area contributed by atoms with Crippen LogP contribution in [0.3, 0.4) is 0 Å². The van der Waals surface area contributed by atoms with E-state index in [2.05, 4.69) is 0 Å². The van der Waals surface area contributed by atoms with Crippen molar-refractivity contribution < 1.29 is 14.3 Å². The molecule has 3 unspecified atom stereocenters. The summed E-state index contributed by atoms with van der Waals surface area (Å²) < 4.78 is 5.49. The van der Waals surface area contributed by atoms with Crippen LogP contribution in [0.1, 0.15) is 59.3 Å². The molecule has 3 rings (SSSR count). The molecule has 1 saturated heterocycles. The standard InChI is InChI=1S/C17H27NO3/c1-17(2,3)21-16(20)14-5-4-8-18(14)15(19)13-10-11-6-7-12(13)9-11/h11-14H,4-10H2,1-3H3/t11?,12?,13?,14-/m0/s1. The van der Waals surface area contributed by atoms with Crippen molar-refractivity contribution in [3.63, 3.8) is 0 Å². The number of nitrogens with zero attached hydrogens (tertiary/aromatic N) is 1. The number of hydrogen-bond acceptors (Lipinski definition) is 3. The molecule has 2 saturated carbocycles. The topological polar surface area (TPSA) is 46.6 Å². The van der Waals surface area contributed by atoms with Crippen LogP contribution in [0.4, 0.5) is 0 Å². The summed E-state index contributed by atoms with van der Waals surface area (Å²) in [5, 5.41) is 0. The lowest BCUT2D eigenvalue weighted by Crippen LogP contribution is -2.46. The maximum absolute atomic E-state index is 12.8. The monoisotopic (exact) mass is 293 g/mol. The summed E-state index contributed by atoms with van der Waals surface area (Å²) in [6.07, 6.45) is 6.43. The minimum absolute atomic E-state index is 0.173. The first kappa shape index (κ1) is 14.9. The Hall–Kier alpha value is -1.06. The molecule has 0 aromatic rings. The predicted octanol–water partition coefficient (Wildman–Crippen LogP) is 2.76. The lowest BCUT2D eigenvalue weighted by atomic mass is 9.87. The van der Waals surface area contributed by atoms with E-state index in [1.54, 1.807) is 0 Å². The number of rotatable bonds is 2. The van der Waals surface area contributed by atoms with Crippen molar-refractivity contribution in [2.45, 2.75) is 70.9 Å². The molecular weight excluding hydrogens is 266 g/mol. The Kier molecular flexibility index (Phi) is 3.74. The van der Waals surface area contributed by atoms with Gasteiger partial charge < -0.3 is 9.64 Å². The van der Waals surface area contributed by atoms with Gasteiger partial charge in [0.1, 0.15) is 11.6 Å². The maximum atomic E-state index is 12.8. The minimum atomic E-state index is -0.485. The molecule has 2 aliphatic carbocycles. The van der Waals surface area contributed by atoms with E-state index in [-0.39, 0.29) is 23.8 Å². The van der Waals surface area contributed by atoms with Crippen LogP contribution in [0, 0.1) is 17.8 Å². The minimum Gasteiger partial charge on any atom is -0.458 e. The van der Waals surface area contributed by atoms with E-state index in [0.717, 1.165) is 31.7 Å². The fraction of sp³-hybridized carbons (Fsp3) is 0.882. The molecule has 0 aromatic heterocycles. The van der Waals surface area contributed by atoms with Crippen LogP contribution in [0.25, 0.3) is 0 Å². The fourth-order valence-corrected chi connectivity index (χ4v) is 4.41. The Morgan fingerprint density at radius 3 is 2.43 bits per heavy atom. The number of fused-ring (bicyclic) bond motifs is 2. The summed E-state index contributed by atoms with van der Waals surface area (Å²) in [7, 11) is 0. The Labute approximate surface area is 127 Å². The Morgan fingerprint density at radius 2 is 1.86 bits per heavy atom. The summed E-state index contributed by atoms with van der Waals surface area (Å²) in [4.78, 5) is 27.0.